The molecule has 0 amide bonds. The van der Waals surface area contributed by atoms with Gasteiger partial charge in [0.15, 0.2) is 0 Å². The third-order valence-corrected chi connectivity index (χ3v) is 3.56. The summed E-state index contributed by atoms with van der Waals surface area (Å²) in [5.41, 5.74) is 2.21. The molecule has 5 heteroatoms. The Hall–Kier alpha value is -1.62. The van der Waals surface area contributed by atoms with Gasteiger partial charge in [0.05, 0.1) is 31.2 Å². The Bertz CT molecular complexity index is 528. The number of rotatable bonds is 4. The van der Waals surface area contributed by atoms with Gasteiger partial charge < -0.3 is 10.1 Å². The molecule has 0 saturated heterocycles. The lowest BCUT2D eigenvalue weighted by Gasteiger charge is -2.14. The molecule has 19 heavy (non-hydrogen) atoms. The average Bonchev–Trinajstić information content (AvgIpc) is 2.86. The van der Waals surface area contributed by atoms with Crippen LogP contribution in [0.5, 0.6) is 5.88 Å². The molecule has 0 aliphatic carbocycles. The first-order valence-corrected chi connectivity index (χ1v) is 7.06. The maximum absolute atomic E-state index is 5.02. The zero-order valence-electron chi connectivity index (χ0n) is 11.7. The number of nitrogens with zero attached hydrogens (tertiary/aromatic N) is 2. The lowest BCUT2D eigenvalue weighted by molar-refractivity contribution is 0.398. The maximum Gasteiger partial charge on any atom is 0.213 e. The second-order valence-electron chi connectivity index (χ2n) is 5.32. The number of anilines is 1. The minimum Gasteiger partial charge on any atom is -0.481 e. The van der Waals surface area contributed by atoms with Crippen molar-refractivity contribution in [2.24, 2.45) is 0 Å². The van der Waals surface area contributed by atoms with Crippen molar-refractivity contribution >= 4 is 17.0 Å². The van der Waals surface area contributed by atoms with Crippen molar-refractivity contribution in [1.82, 2.24) is 9.97 Å². The lowest BCUT2D eigenvalue weighted by Crippen LogP contribution is -2.11. The summed E-state index contributed by atoms with van der Waals surface area (Å²) in [6, 6.07) is 3.79. The first-order chi connectivity index (χ1) is 8.99. The van der Waals surface area contributed by atoms with Crippen molar-refractivity contribution in [3.63, 3.8) is 0 Å². The largest absolute Gasteiger partial charge is 0.481 e. The molecule has 2 aromatic heterocycles. The molecule has 0 unspecified atom stereocenters. The van der Waals surface area contributed by atoms with Gasteiger partial charge in [0.25, 0.3) is 0 Å². The summed E-state index contributed by atoms with van der Waals surface area (Å²) in [6.45, 7) is 7.24. The lowest BCUT2D eigenvalue weighted by atomic mass is 9.93. The van der Waals surface area contributed by atoms with E-state index in [1.54, 1.807) is 24.6 Å². The first-order valence-electron chi connectivity index (χ1n) is 6.18. The van der Waals surface area contributed by atoms with Crippen LogP contribution in [-0.4, -0.2) is 17.1 Å². The summed E-state index contributed by atoms with van der Waals surface area (Å²) in [5.74, 6) is 0.620. The molecule has 0 spiro atoms. The molecule has 102 valence electrons. The predicted molar refractivity (Wildman–Crippen MR) is 78.9 cm³/mol. The highest BCUT2D eigenvalue weighted by molar-refractivity contribution is 7.09. The second kappa shape index (κ2) is 5.57. The number of nitrogens with one attached hydrogen (secondary N) is 1. The van der Waals surface area contributed by atoms with Gasteiger partial charge in [-0.15, -0.1) is 11.3 Å². The number of thiazole rings is 1. The van der Waals surface area contributed by atoms with Gasteiger partial charge in [0.1, 0.15) is 5.01 Å². The maximum atomic E-state index is 5.02. The minimum atomic E-state index is 0.108. The standard InChI is InChI=1S/C14H19N3OS/c1-14(2,3)11-9-19-13(17-11)8-15-10-5-6-12(18-4)16-7-10/h5-7,9,15H,8H2,1-4H3. The Kier molecular flexibility index (Phi) is 4.04. The molecule has 1 N–H and O–H groups in total. The van der Waals surface area contributed by atoms with Crippen LogP contribution in [0.1, 0.15) is 31.5 Å². The summed E-state index contributed by atoms with van der Waals surface area (Å²) in [6.07, 6.45) is 1.76. The van der Waals surface area contributed by atoms with Gasteiger partial charge in [-0.25, -0.2) is 9.97 Å². The summed E-state index contributed by atoms with van der Waals surface area (Å²) >= 11 is 1.68. The Morgan fingerprint density at radius 2 is 2.11 bits per heavy atom. The van der Waals surface area contributed by atoms with E-state index in [4.69, 9.17) is 4.74 Å². The zero-order chi connectivity index (χ0) is 13.9. The predicted octanol–water partition coefficient (Wildman–Crippen LogP) is 3.46. The molecule has 0 atom stereocenters. The molecule has 0 radical (unpaired) electrons. The zero-order valence-corrected chi connectivity index (χ0v) is 12.5. The van der Waals surface area contributed by atoms with E-state index in [-0.39, 0.29) is 5.41 Å². The summed E-state index contributed by atoms with van der Waals surface area (Å²) in [4.78, 5) is 8.79. The number of pyridine rings is 1. The van der Waals surface area contributed by atoms with Crippen LogP contribution in [0, 0.1) is 0 Å². The molecule has 0 fully saturated rings. The molecule has 0 saturated carbocycles. The van der Waals surface area contributed by atoms with Crippen LogP contribution in [0.25, 0.3) is 0 Å². The highest BCUT2D eigenvalue weighted by Gasteiger charge is 2.17. The molecular formula is C14H19N3OS. The topological polar surface area (TPSA) is 47.0 Å². The molecule has 0 aromatic carbocycles. The highest BCUT2D eigenvalue weighted by atomic mass is 32.1. The highest BCUT2D eigenvalue weighted by Crippen LogP contribution is 2.24. The quantitative estimate of drug-likeness (QED) is 0.929. The van der Waals surface area contributed by atoms with Crippen molar-refractivity contribution in [3.05, 3.63) is 34.4 Å². The van der Waals surface area contributed by atoms with Crippen LogP contribution in [0.4, 0.5) is 5.69 Å². The van der Waals surface area contributed by atoms with Crippen molar-refractivity contribution in [3.8, 4) is 5.88 Å². The minimum absolute atomic E-state index is 0.108. The number of aromatic nitrogens is 2. The summed E-state index contributed by atoms with van der Waals surface area (Å²) < 4.78 is 5.02. The molecular weight excluding hydrogens is 258 g/mol. The number of hydrogen-bond acceptors (Lipinski definition) is 5. The van der Waals surface area contributed by atoms with Gasteiger partial charge in [-0.2, -0.15) is 0 Å². The normalized spacial score (nSPS) is 11.4. The van der Waals surface area contributed by atoms with E-state index >= 15 is 0 Å². The van der Waals surface area contributed by atoms with E-state index in [1.165, 1.54) is 0 Å². The Morgan fingerprint density at radius 1 is 1.32 bits per heavy atom. The fourth-order valence-corrected chi connectivity index (χ4v) is 2.48. The third-order valence-electron chi connectivity index (χ3n) is 2.71. The van der Waals surface area contributed by atoms with E-state index in [1.807, 2.05) is 12.1 Å². The Labute approximate surface area is 117 Å². The van der Waals surface area contributed by atoms with Gasteiger partial charge in [0, 0.05) is 16.9 Å². The van der Waals surface area contributed by atoms with E-state index in [2.05, 4.69) is 41.4 Å². The van der Waals surface area contributed by atoms with E-state index in [0.717, 1.165) is 22.9 Å². The molecule has 0 bridgehead atoms. The molecule has 2 aromatic rings. The third kappa shape index (κ3) is 3.67. The van der Waals surface area contributed by atoms with E-state index < -0.39 is 0 Å². The molecule has 2 heterocycles. The van der Waals surface area contributed by atoms with Gasteiger partial charge in [-0.05, 0) is 6.07 Å². The summed E-state index contributed by atoms with van der Waals surface area (Å²) in [5, 5.41) is 6.52. The van der Waals surface area contributed by atoms with Crippen molar-refractivity contribution < 1.29 is 4.74 Å². The van der Waals surface area contributed by atoms with Gasteiger partial charge >= 0.3 is 0 Å². The van der Waals surface area contributed by atoms with Gasteiger partial charge in [0.2, 0.25) is 5.88 Å². The average molecular weight is 277 g/mol. The number of methoxy groups -OCH3 is 1. The van der Waals surface area contributed by atoms with Gasteiger partial charge in [-0.3, -0.25) is 0 Å². The first kappa shape index (κ1) is 13.8. The van der Waals surface area contributed by atoms with Crippen molar-refractivity contribution in [1.29, 1.82) is 0 Å². The fraction of sp³-hybridized carbons (Fsp3) is 0.429. The molecule has 2 rings (SSSR count). The second-order valence-corrected chi connectivity index (χ2v) is 6.26. The summed E-state index contributed by atoms with van der Waals surface area (Å²) in [7, 11) is 1.61. The molecule has 0 aliphatic rings. The Balaban J connectivity index is 1.96. The number of hydrogen-bond donors (Lipinski definition) is 1. The van der Waals surface area contributed by atoms with Crippen LogP contribution in [0.3, 0.4) is 0 Å². The van der Waals surface area contributed by atoms with Crippen LogP contribution >= 0.6 is 11.3 Å². The number of ether oxygens (including phenoxy) is 1. The van der Waals surface area contributed by atoms with Crippen LogP contribution < -0.4 is 10.1 Å². The van der Waals surface area contributed by atoms with Gasteiger partial charge in [-0.1, -0.05) is 20.8 Å². The van der Waals surface area contributed by atoms with Crippen molar-refractivity contribution in [2.75, 3.05) is 12.4 Å². The monoisotopic (exact) mass is 277 g/mol. The molecule has 0 aliphatic heterocycles. The van der Waals surface area contributed by atoms with Crippen LogP contribution in [0.2, 0.25) is 0 Å². The smallest absolute Gasteiger partial charge is 0.213 e. The SMILES string of the molecule is COc1ccc(NCc2nc(C(C)(C)C)cs2)cn1. The fourth-order valence-electron chi connectivity index (χ4n) is 1.52. The van der Waals surface area contributed by atoms with Crippen molar-refractivity contribution in [2.45, 2.75) is 32.7 Å². The van der Waals surface area contributed by atoms with Crippen LogP contribution in [0.15, 0.2) is 23.7 Å². The van der Waals surface area contributed by atoms with E-state index in [0.29, 0.717) is 5.88 Å². The van der Waals surface area contributed by atoms with Crippen LogP contribution in [-0.2, 0) is 12.0 Å². The van der Waals surface area contributed by atoms with E-state index in [9.17, 15) is 0 Å². The Morgan fingerprint density at radius 3 is 2.63 bits per heavy atom. The molecule has 4 nitrogen and oxygen atoms in total.